The third kappa shape index (κ3) is 2.66. The number of carbonyl (C=O) groups excluding carboxylic acids is 1. The molecule has 0 aliphatic rings. The highest BCUT2D eigenvalue weighted by Crippen LogP contribution is 2.33. The molecule has 0 saturated carbocycles. The van der Waals surface area contributed by atoms with Crippen molar-refractivity contribution in [3.8, 4) is 5.75 Å². The van der Waals surface area contributed by atoms with Gasteiger partial charge in [0.25, 0.3) is 6.43 Å². The van der Waals surface area contributed by atoms with E-state index in [1.807, 2.05) is 0 Å². The highest BCUT2D eigenvalue weighted by atomic mass is 79.9. The average Bonchev–Trinajstić information content (AvgIpc) is 2.23. The van der Waals surface area contributed by atoms with Crippen molar-refractivity contribution in [1.29, 1.82) is 0 Å². The van der Waals surface area contributed by atoms with Crippen LogP contribution >= 0.6 is 15.9 Å². The first-order chi connectivity index (χ1) is 7.47. The Hall–Kier alpha value is -1.24. The Morgan fingerprint density at radius 3 is 2.81 bits per heavy atom. The maximum absolute atomic E-state index is 12.5. The number of nitrogens with zero attached hydrogens (tertiary/aromatic N) is 1. The van der Waals surface area contributed by atoms with E-state index in [-0.39, 0.29) is 22.2 Å². The summed E-state index contributed by atoms with van der Waals surface area (Å²) in [5.74, 6) is -0.968. The number of rotatable bonds is 3. The van der Waals surface area contributed by atoms with Crippen LogP contribution in [0.25, 0.3) is 0 Å². The van der Waals surface area contributed by atoms with E-state index in [1.165, 1.54) is 7.11 Å². The van der Waals surface area contributed by atoms with Crippen molar-refractivity contribution in [3.05, 3.63) is 21.9 Å². The molecule has 0 unspecified atom stereocenters. The lowest BCUT2D eigenvalue weighted by atomic mass is 10.1. The first kappa shape index (κ1) is 12.8. The Morgan fingerprint density at radius 1 is 1.69 bits per heavy atom. The van der Waals surface area contributed by atoms with Crippen LogP contribution in [0.4, 0.5) is 8.78 Å². The number of methoxy groups -OCH3 is 1. The topological polar surface area (TPSA) is 59.4 Å². The van der Waals surface area contributed by atoms with Gasteiger partial charge in [-0.3, -0.25) is 9.78 Å². The smallest absolute Gasteiger partial charge is 0.310 e. The summed E-state index contributed by atoms with van der Waals surface area (Å²) in [5.41, 5.74) is -0.478. The van der Waals surface area contributed by atoms with Gasteiger partial charge in [0.2, 0.25) is 0 Å². The van der Waals surface area contributed by atoms with Gasteiger partial charge in [0.05, 0.1) is 24.2 Å². The molecule has 0 radical (unpaired) electrons. The first-order valence-electron chi connectivity index (χ1n) is 4.18. The fraction of sp³-hybridized carbons (Fsp3) is 0.333. The molecule has 0 fully saturated rings. The predicted molar refractivity (Wildman–Crippen MR) is 54.3 cm³/mol. The van der Waals surface area contributed by atoms with E-state index in [4.69, 9.17) is 0 Å². The number of halogens is 3. The fourth-order valence-electron chi connectivity index (χ4n) is 1.07. The quantitative estimate of drug-likeness (QED) is 0.869. The van der Waals surface area contributed by atoms with Crippen LogP contribution in [-0.2, 0) is 16.0 Å². The van der Waals surface area contributed by atoms with Gasteiger partial charge in [-0.2, -0.15) is 0 Å². The van der Waals surface area contributed by atoms with Gasteiger partial charge in [-0.05, 0) is 15.9 Å². The van der Waals surface area contributed by atoms with Crippen LogP contribution in [0.1, 0.15) is 17.7 Å². The lowest BCUT2D eigenvalue weighted by molar-refractivity contribution is -0.139. The molecule has 7 heteroatoms. The van der Waals surface area contributed by atoms with Crippen LogP contribution in [0.15, 0.2) is 10.7 Å². The van der Waals surface area contributed by atoms with Crippen molar-refractivity contribution in [1.82, 2.24) is 4.98 Å². The number of aromatic hydroxyl groups is 1. The monoisotopic (exact) mass is 295 g/mol. The molecule has 0 saturated heterocycles. The summed E-state index contributed by atoms with van der Waals surface area (Å²) in [6, 6.07) is 0. The molecule has 88 valence electrons. The predicted octanol–water partition coefficient (Wildman–Crippen LogP) is 2.20. The number of ether oxygens (including phenoxy) is 1. The summed E-state index contributed by atoms with van der Waals surface area (Å²) in [6.45, 7) is 0. The minimum atomic E-state index is -2.79. The molecule has 1 aromatic rings. The number of alkyl halides is 2. The Balaban J connectivity index is 3.16. The Kier molecular flexibility index (Phi) is 4.17. The van der Waals surface area contributed by atoms with Gasteiger partial charge in [0, 0.05) is 5.56 Å². The first-order valence-corrected chi connectivity index (χ1v) is 4.97. The van der Waals surface area contributed by atoms with E-state index < -0.39 is 18.1 Å². The zero-order valence-corrected chi connectivity index (χ0v) is 9.79. The van der Waals surface area contributed by atoms with E-state index in [1.54, 1.807) is 0 Å². The van der Waals surface area contributed by atoms with E-state index >= 15 is 0 Å². The number of carbonyl (C=O) groups is 1. The van der Waals surface area contributed by atoms with Crippen LogP contribution in [0.2, 0.25) is 0 Å². The number of hydrogen-bond donors (Lipinski definition) is 1. The molecule has 1 N–H and O–H groups in total. The van der Waals surface area contributed by atoms with Crippen LogP contribution in [0.5, 0.6) is 5.75 Å². The Bertz CT molecular complexity index is 412. The lowest BCUT2D eigenvalue weighted by Gasteiger charge is -2.09. The number of esters is 1. The molecular weight excluding hydrogens is 288 g/mol. The Labute approximate surface area is 98.4 Å². The molecule has 0 amide bonds. The zero-order valence-electron chi connectivity index (χ0n) is 8.21. The minimum Gasteiger partial charge on any atom is -0.506 e. The summed E-state index contributed by atoms with van der Waals surface area (Å²) in [6.07, 6.45) is -2.21. The minimum absolute atomic E-state index is 0.0390. The molecule has 16 heavy (non-hydrogen) atoms. The number of aromatic nitrogens is 1. The second-order valence-electron chi connectivity index (χ2n) is 2.87. The molecule has 0 aliphatic heterocycles. The maximum atomic E-state index is 12.5. The van der Waals surface area contributed by atoms with Crippen LogP contribution in [0, 0.1) is 0 Å². The third-order valence-corrected chi connectivity index (χ3v) is 2.77. The van der Waals surface area contributed by atoms with E-state index in [0.717, 1.165) is 6.20 Å². The van der Waals surface area contributed by atoms with Crippen LogP contribution in [-0.4, -0.2) is 23.2 Å². The largest absolute Gasteiger partial charge is 0.506 e. The highest BCUT2D eigenvalue weighted by molar-refractivity contribution is 9.10. The molecule has 0 spiro atoms. The molecule has 4 nitrogen and oxygen atoms in total. The molecule has 0 aromatic carbocycles. The second-order valence-corrected chi connectivity index (χ2v) is 3.67. The summed E-state index contributed by atoms with van der Waals surface area (Å²) in [7, 11) is 1.17. The van der Waals surface area contributed by atoms with Gasteiger partial charge < -0.3 is 9.84 Å². The van der Waals surface area contributed by atoms with Crippen LogP contribution in [0.3, 0.4) is 0 Å². The molecule has 1 heterocycles. The zero-order chi connectivity index (χ0) is 12.3. The number of pyridine rings is 1. The van der Waals surface area contributed by atoms with Crippen molar-refractivity contribution >= 4 is 21.9 Å². The van der Waals surface area contributed by atoms with Gasteiger partial charge in [0.1, 0.15) is 11.4 Å². The molecule has 0 atom stereocenters. The lowest BCUT2D eigenvalue weighted by Crippen LogP contribution is -2.07. The molecule has 0 bridgehead atoms. The second kappa shape index (κ2) is 5.20. The van der Waals surface area contributed by atoms with Gasteiger partial charge in [0.15, 0.2) is 0 Å². The number of hydrogen-bond acceptors (Lipinski definition) is 4. The SMILES string of the molecule is COC(=O)Cc1c(O)cnc(C(F)F)c1Br. The summed E-state index contributed by atoms with van der Waals surface area (Å²) in [5, 5.41) is 9.40. The average molecular weight is 296 g/mol. The molecule has 1 rings (SSSR count). The van der Waals surface area contributed by atoms with Crippen molar-refractivity contribution in [2.24, 2.45) is 0 Å². The third-order valence-electron chi connectivity index (χ3n) is 1.88. The van der Waals surface area contributed by atoms with Gasteiger partial charge in [-0.1, -0.05) is 0 Å². The van der Waals surface area contributed by atoms with Gasteiger partial charge in [-0.25, -0.2) is 8.78 Å². The fourth-order valence-corrected chi connectivity index (χ4v) is 1.69. The van der Waals surface area contributed by atoms with E-state index in [9.17, 15) is 18.7 Å². The van der Waals surface area contributed by atoms with Gasteiger partial charge >= 0.3 is 5.97 Å². The van der Waals surface area contributed by atoms with Crippen LogP contribution < -0.4 is 0 Å². The molecular formula is C9H8BrF2NO3. The maximum Gasteiger partial charge on any atom is 0.310 e. The molecule has 1 aromatic heterocycles. The summed E-state index contributed by atoms with van der Waals surface area (Å²) in [4.78, 5) is 14.4. The van der Waals surface area contributed by atoms with Crippen molar-refractivity contribution in [2.75, 3.05) is 7.11 Å². The van der Waals surface area contributed by atoms with Crippen molar-refractivity contribution < 1.29 is 23.4 Å². The molecule has 0 aliphatic carbocycles. The van der Waals surface area contributed by atoms with E-state index in [2.05, 4.69) is 25.7 Å². The summed E-state index contributed by atoms with van der Waals surface area (Å²) >= 11 is 2.88. The Morgan fingerprint density at radius 2 is 2.31 bits per heavy atom. The summed E-state index contributed by atoms with van der Waals surface area (Å²) < 4.78 is 29.2. The normalized spacial score (nSPS) is 10.6. The van der Waals surface area contributed by atoms with Crippen molar-refractivity contribution in [2.45, 2.75) is 12.8 Å². The van der Waals surface area contributed by atoms with Crippen molar-refractivity contribution in [3.63, 3.8) is 0 Å². The van der Waals surface area contributed by atoms with E-state index in [0.29, 0.717) is 0 Å². The highest BCUT2D eigenvalue weighted by Gasteiger charge is 2.20. The standard InChI is InChI=1S/C9H8BrF2NO3/c1-16-6(15)2-4-5(14)3-13-8(7(4)10)9(11)12/h3,9,14H,2H2,1H3. The van der Waals surface area contributed by atoms with Gasteiger partial charge in [-0.15, -0.1) is 0 Å².